The highest BCUT2D eigenvalue weighted by atomic mass is 79.9. The lowest BCUT2D eigenvalue weighted by Gasteiger charge is -2.02. The molecule has 0 fully saturated rings. The number of rotatable bonds is 4. The first-order valence-corrected chi connectivity index (χ1v) is 6.54. The van der Waals surface area contributed by atoms with Crippen LogP contribution in [0.15, 0.2) is 40.3 Å². The van der Waals surface area contributed by atoms with Gasteiger partial charge in [-0.25, -0.2) is 10.4 Å². The first-order chi connectivity index (χ1) is 10.5. The van der Waals surface area contributed by atoms with Crippen molar-refractivity contribution in [2.24, 2.45) is 5.10 Å². The fourth-order valence-electron chi connectivity index (χ4n) is 1.44. The molecule has 9 nitrogen and oxygen atoms in total. The Kier molecular flexibility index (Phi) is 4.73. The lowest BCUT2D eigenvalue weighted by atomic mass is 10.2. The van der Waals surface area contributed by atoms with Gasteiger partial charge in [0.25, 0.3) is 11.6 Å². The van der Waals surface area contributed by atoms with Crippen molar-refractivity contribution in [2.75, 3.05) is 0 Å². The molecule has 2 N–H and O–H groups in total. The summed E-state index contributed by atoms with van der Waals surface area (Å²) in [6.07, 6.45) is 5.11. The third kappa shape index (κ3) is 3.61. The van der Waals surface area contributed by atoms with Gasteiger partial charge in [0.2, 0.25) is 0 Å². The molecular weight excluding hydrogens is 358 g/mol. The second-order valence-electron chi connectivity index (χ2n) is 3.91. The van der Waals surface area contributed by atoms with Gasteiger partial charge in [-0.2, -0.15) is 5.10 Å². The van der Waals surface area contributed by atoms with E-state index in [0.29, 0.717) is 0 Å². The lowest BCUT2D eigenvalue weighted by molar-refractivity contribution is -0.385. The number of nitrogens with zero attached hydrogens (tertiary/aromatic N) is 4. The predicted octanol–water partition coefficient (Wildman–Crippen LogP) is 1.62. The molecule has 0 aliphatic carbocycles. The highest BCUT2D eigenvalue weighted by Gasteiger charge is 2.13. The quantitative estimate of drug-likeness (QED) is 0.480. The average Bonchev–Trinajstić information content (AvgIpc) is 2.51. The third-order valence-electron chi connectivity index (χ3n) is 2.45. The molecule has 0 saturated carbocycles. The van der Waals surface area contributed by atoms with E-state index in [1.54, 1.807) is 0 Å². The van der Waals surface area contributed by atoms with E-state index in [0.717, 1.165) is 18.3 Å². The summed E-state index contributed by atoms with van der Waals surface area (Å²) in [5, 5.41) is 24.2. The number of nitrogens with one attached hydrogen (secondary N) is 1. The van der Waals surface area contributed by atoms with Gasteiger partial charge < -0.3 is 5.11 Å². The van der Waals surface area contributed by atoms with Crippen LogP contribution in [0.2, 0.25) is 0 Å². The molecule has 1 aromatic carbocycles. The SMILES string of the molecule is O=C(N/N=C/c1cc([N+](=O)[O-])cc(Br)c1O)c1cnccn1. The summed E-state index contributed by atoms with van der Waals surface area (Å²) in [6, 6.07) is 2.28. The molecule has 1 amide bonds. The number of aromatic nitrogens is 2. The summed E-state index contributed by atoms with van der Waals surface area (Å²) < 4.78 is 0.142. The van der Waals surface area contributed by atoms with E-state index in [9.17, 15) is 20.0 Å². The number of nitro benzene ring substituents is 1. The van der Waals surface area contributed by atoms with Gasteiger partial charge in [0.15, 0.2) is 0 Å². The Morgan fingerprint density at radius 1 is 1.45 bits per heavy atom. The van der Waals surface area contributed by atoms with Crippen LogP contribution in [0.1, 0.15) is 16.1 Å². The molecule has 0 radical (unpaired) electrons. The molecule has 112 valence electrons. The minimum Gasteiger partial charge on any atom is -0.506 e. The highest BCUT2D eigenvalue weighted by molar-refractivity contribution is 9.10. The number of hydrogen-bond acceptors (Lipinski definition) is 7. The maximum atomic E-state index is 11.7. The summed E-state index contributed by atoms with van der Waals surface area (Å²) in [4.78, 5) is 29.3. The number of nitro groups is 1. The second-order valence-corrected chi connectivity index (χ2v) is 4.77. The largest absolute Gasteiger partial charge is 0.506 e. The zero-order valence-electron chi connectivity index (χ0n) is 10.8. The molecule has 0 bridgehead atoms. The van der Waals surface area contributed by atoms with Crippen LogP contribution in [0.3, 0.4) is 0 Å². The van der Waals surface area contributed by atoms with Gasteiger partial charge in [0.05, 0.1) is 21.8 Å². The Balaban J connectivity index is 2.17. The number of hydrogen-bond donors (Lipinski definition) is 2. The van der Waals surface area contributed by atoms with E-state index in [1.165, 1.54) is 18.6 Å². The molecule has 1 aromatic heterocycles. The zero-order valence-corrected chi connectivity index (χ0v) is 12.4. The summed E-state index contributed by atoms with van der Waals surface area (Å²) >= 11 is 3.00. The normalized spacial score (nSPS) is 10.6. The Bertz CT molecular complexity index is 751. The molecule has 0 atom stereocenters. The molecule has 0 unspecified atom stereocenters. The predicted molar refractivity (Wildman–Crippen MR) is 79.6 cm³/mol. The van der Waals surface area contributed by atoms with E-state index in [2.05, 4.69) is 36.4 Å². The summed E-state index contributed by atoms with van der Waals surface area (Å²) in [7, 11) is 0. The Hall–Kier alpha value is -2.88. The van der Waals surface area contributed by atoms with Gasteiger partial charge in [0.1, 0.15) is 11.4 Å². The van der Waals surface area contributed by atoms with Crippen molar-refractivity contribution in [2.45, 2.75) is 0 Å². The van der Waals surface area contributed by atoms with Gasteiger partial charge in [-0.05, 0) is 15.9 Å². The number of non-ortho nitro benzene ring substituents is 1. The van der Waals surface area contributed by atoms with Crippen LogP contribution < -0.4 is 5.43 Å². The van der Waals surface area contributed by atoms with E-state index in [4.69, 9.17) is 0 Å². The Morgan fingerprint density at radius 3 is 2.86 bits per heavy atom. The maximum Gasteiger partial charge on any atom is 0.291 e. The van der Waals surface area contributed by atoms with Crippen LogP contribution >= 0.6 is 15.9 Å². The van der Waals surface area contributed by atoms with E-state index < -0.39 is 10.8 Å². The van der Waals surface area contributed by atoms with Crippen molar-refractivity contribution >= 4 is 33.7 Å². The number of phenolic OH excluding ortho intramolecular Hbond substituents is 1. The number of carbonyl (C=O) groups is 1. The number of benzene rings is 1. The standard InChI is InChI=1S/C12H8BrN5O4/c13-9-4-8(18(21)22)3-7(11(9)19)5-16-17-12(20)10-6-14-1-2-15-10/h1-6,19H,(H,17,20)/b16-5+. The number of halogens is 1. The topological polar surface area (TPSA) is 131 Å². The van der Waals surface area contributed by atoms with Gasteiger partial charge in [0, 0.05) is 30.1 Å². The van der Waals surface area contributed by atoms with E-state index >= 15 is 0 Å². The summed E-state index contributed by atoms with van der Waals surface area (Å²) in [5.74, 6) is -0.837. The maximum absolute atomic E-state index is 11.7. The number of aromatic hydroxyl groups is 1. The minimum atomic E-state index is -0.611. The van der Waals surface area contributed by atoms with Crippen LogP contribution in [0.4, 0.5) is 5.69 Å². The lowest BCUT2D eigenvalue weighted by Crippen LogP contribution is -2.19. The first-order valence-electron chi connectivity index (χ1n) is 5.75. The fourth-order valence-corrected chi connectivity index (χ4v) is 1.91. The van der Waals surface area contributed by atoms with Crippen molar-refractivity contribution in [1.82, 2.24) is 15.4 Å². The van der Waals surface area contributed by atoms with E-state index in [-0.39, 0.29) is 27.2 Å². The number of carbonyl (C=O) groups excluding carboxylic acids is 1. The van der Waals surface area contributed by atoms with Crippen molar-refractivity contribution in [3.63, 3.8) is 0 Å². The van der Waals surface area contributed by atoms with Crippen LogP contribution in [-0.4, -0.2) is 32.1 Å². The van der Waals surface area contributed by atoms with Gasteiger partial charge in [-0.1, -0.05) is 0 Å². The molecule has 2 rings (SSSR count). The van der Waals surface area contributed by atoms with Gasteiger partial charge in [-0.15, -0.1) is 0 Å². The average molecular weight is 366 g/mol. The van der Waals surface area contributed by atoms with Crippen LogP contribution in [0.5, 0.6) is 5.75 Å². The van der Waals surface area contributed by atoms with Crippen molar-refractivity contribution < 1.29 is 14.8 Å². The number of amides is 1. The van der Waals surface area contributed by atoms with Crippen LogP contribution in [0, 0.1) is 10.1 Å². The monoisotopic (exact) mass is 365 g/mol. The van der Waals surface area contributed by atoms with Gasteiger partial charge in [-0.3, -0.25) is 19.9 Å². The Morgan fingerprint density at radius 2 is 2.23 bits per heavy atom. The second kappa shape index (κ2) is 6.72. The molecule has 0 aliphatic heterocycles. The zero-order chi connectivity index (χ0) is 16.1. The van der Waals surface area contributed by atoms with Crippen molar-refractivity contribution in [3.8, 4) is 5.75 Å². The molecule has 0 spiro atoms. The minimum absolute atomic E-state index is 0.0593. The first kappa shape index (κ1) is 15.5. The smallest absolute Gasteiger partial charge is 0.291 e. The summed E-state index contributed by atoms with van der Waals surface area (Å²) in [5.41, 5.74) is 2.07. The number of hydrazone groups is 1. The summed E-state index contributed by atoms with van der Waals surface area (Å²) in [6.45, 7) is 0. The fraction of sp³-hybridized carbons (Fsp3) is 0. The van der Waals surface area contributed by atoms with Crippen LogP contribution in [-0.2, 0) is 0 Å². The van der Waals surface area contributed by atoms with E-state index in [1.807, 2.05) is 0 Å². The highest BCUT2D eigenvalue weighted by Crippen LogP contribution is 2.31. The molecule has 2 aromatic rings. The molecular formula is C12H8BrN5O4. The van der Waals surface area contributed by atoms with Crippen LogP contribution in [0.25, 0.3) is 0 Å². The van der Waals surface area contributed by atoms with Crippen molar-refractivity contribution in [3.05, 3.63) is 56.6 Å². The molecule has 0 saturated heterocycles. The molecule has 1 heterocycles. The molecule has 22 heavy (non-hydrogen) atoms. The van der Waals surface area contributed by atoms with Gasteiger partial charge >= 0.3 is 0 Å². The van der Waals surface area contributed by atoms with Crippen molar-refractivity contribution in [1.29, 1.82) is 0 Å². The Labute approximate surface area is 132 Å². The number of phenols is 1. The third-order valence-corrected chi connectivity index (χ3v) is 3.06. The molecule has 0 aliphatic rings. The molecule has 10 heteroatoms.